The smallest absolute Gasteiger partial charge is 0.0196 e. The largest absolute Gasteiger partial charge is 0.314 e. The second kappa shape index (κ2) is 5.03. The highest BCUT2D eigenvalue weighted by Gasteiger charge is 2.40. The molecule has 2 atom stereocenters. The van der Waals surface area contributed by atoms with Crippen LogP contribution in [0.1, 0.15) is 40.0 Å². The quantitative estimate of drug-likeness (QED) is 0.747. The number of hydrogen-bond acceptors (Lipinski definition) is 2. The summed E-state index contributed by atoms with van der Waals surface area (Å²) in [5.74, 6) is 0. The van der Waals surface area contributed by atoms with Crippen molar-refractivity contribution in [1.82, 2.24) is 10.2 Å². The Morgan fingerprint density at radius 1 is 1.33 bits per heavy atom. The lowest BCUT2D eigenvalue weighted by atomic mass is 9.85. The minimum atomic E-state index is 0. The van der Waals surface area contributed by atoms with Gasteiger partial charge in [-0.15, -0.1) is 12.4 Å². The molecule has 0 radical (unpaired) electrons. The van der Waals surface area contributed by atoms with Crippen LogP contribution in [0.2, 0.25) is 0 Å². The molecule has 1 aliphatic heterocycles. The van der Waals surface area contributed by atoms with Crippen LogP contribution in [0.25, 0.3) is 0 Å². The third kappa shape index (κ3) is 2.66. The molecule has 0 aromatic carbocycles. The topological polar surface area (TPSA) is 15.3 Å². The summed E-state index contributed by atoms with van der Waals surface area (Å²) in [6.45, 7) is 10.8. The zero-order valence-electron chi connectivity index (χ0n) is 10.3. The van der Waals surface area contributed by atoms with Gasteiger partial charge in [-0.05, 0) is 25.2 Å². The second-order valence-corrected chi connectivity index (χ2v) is 5.69. The lowest BCUT2D eigenvalue weighted by molar-refractivity contribution is 0.0598. The molecule has 1 saturated carbocycles. The fourth-order valence-electron chi connectivity index (χ4n) is 3.24. The van der Waals surface area contributed by atoms with E-state index in [9.17, 15) is 0 Å². The summed E-state index contributed by atoms with van der Waals surface area (Å²) in [7, 11) is 0. The van der Waals surface area contributed by atoms with Gasteiger partial charge >= 0.3 is 0 Å². The Balaban J connectivity index is 0.00000112. The van der Waals surface area contributed by atoms with Gasteiger partial charge in [-0.1, -0.05) is 20.3 Å². The maximum absolute atomic E-state index is 3.47. The van der Waals surface area contributed by atoms with Crippen LogP contribution < -0.4 is 5.32 Å². The fraction of sp³-hybridized carbons (Fsp3) is 1.00. The maximum atomic E-state index is 3.47. The Morgan fingerprint density at radius 3 is 2.60 bits per heavy atom. The van der Waals surface area contributed by atoms with E-state index in [1.165, 1.54) is 38.9 Å². The molecule has 0 bridgehead atoms. The number of nitrogens with zero attached hydrogens (tertiary/aromatic N) is 1. The Bertz CT molecular complexity index is 206. The first-order valence-corrected chi connectivity index (χ1v) is 6.08. The molecule has 1 unspecified atom stereocenters. The molecule has 1 heterocycles. The van der Waals surface area contributed by atoms with Crippen LogP contribution in [-0.4, -0.2) is 36.6 Å². The van der Waals surface area contributed by atoms with E-state index in [4.69, 9.17) is 0 Å². The third-order valence-corrected chi connectivity index (χ3v) is 4.15. The SMILES string of the molecule is C[C@H]1CNCCN1C1CCCC1(C)C.Cl. The minimum Gasteiger partial charge on any atom is -0.314 e. The molecular weight excluding hydrogens is 208 g/mol. The molecule has 2 fully saturated rings. The van der Waals surface area contributed by atoms with E-state index in [0.29, 0.717) is 5.41 Å². The molecule has 90 valence electrons. The molecular formula is C12H25ClN2. The molecule has 3 heteroatoms. The van der Waals surface area contributed by atoms with E-state index in [0.717, 1.165) is 12.1 Å². The Morgan fingerprint density at radius 2 is 2.07 bits per heavy atom. The van der Waals surface area contributed by atoms with Crippen molar-refractivity contribution in [2.24, 2.45) is 5.41 Å². The van der Waals surface area contributed by atoms with Gasteiger partial charge in [-0.2, -0.15) is 0 Å². The number of nitrogens with one attached hydrogen (secondary N) is 1. The molecule has 2 nitrogen and oxygen atoms in total. The van der Waals surface area contributed by atoms with Gasteiger partial charge in [0, 0.05) is 31.7 Å². The highest BCUT2D eigenvalue weighted by molar-refractivity contribution is 5.85. The summed E-state index contributed by atoms with van der Waals surface area (Å²) in [4.78, 5) is 2.74. The van der Waals surface area contributed by atoms with Gasteiger partial charge in [0.15, 0.2) is 0 Å². The average molecular weight is 233 g/mol. The van der Waals surface area contributed by atoms with Crippen molar-refractivity contribution in [3.05, 3.63) is 0 Å². The normalized spacial score (nSPS) is 36.2. The molecule has 2 aliphatic rings. The van der Waals surface area contributed by atoms with Crippen molar-refractivity contribution in [3.8, 4) is 0 Å². The first kappa shape index (κ1) is 13.3. The molecule has 1 N–H and O–H groups in total. The van der Waals surface area contributed by atoms with Gasteiger partial charge in [0.05, 0.1) is 0 Å². The summed E-state index contributed by atoms with van der Waals surface area (Å²) >= 11 is 0. The van der Waals surface area contributed by atoms with Crippen LogP contribution in [0.3, 0.4) is 0 Å². The molecule has 1 aliphatic carbocycles. The standard InChI is InChI=1S/C12H24N2.ClH/c1-10-9-13-7-8-14(10)11-5-4-6-12(11,2)3;/h10-11,13H,4-9H2,1-3H3;1H/t10-,11?;/m0./s1. The summed E-state index contributed by atoms with van der Waals surface area (Å²) in [6, 6.07) is 1.56. The predicted octanol–water partition coefficient (Wildman–Crippen LogP) is 2.28. The summed E-state index contributed by atoms with van der Waals surface area (Å²) < 4.78 is 0. The monoisotopic (exact) mass is 232 g/mol. The van der Waals surface area contributed by atoms with Crippen molar-refractivity contribution in [2.45, 2.75) is 52.1 Å². The van der Waals surface area contributed by atoms with Gasteiger partial charge < -0.3 is 5.32 Å². The van der Waals surface area contributed by atoms with Crippen LogP contribution in [0, 0.1) is 5.41 Å². The average Bonchev–Trinajstić information content (AvgIpc) is 2.46. The molecule has 0 aromatic rings. The molecule has 2 rings (SSSR count). The van der Waals surface area contributed by atoms with Gasteiger partial charge in [0.1, 0.15) is 0 Å². The van der Waals surface area contributed by atoms with Crippen LogP contribution in [0.15, 0.2) is 0 Å². The molecule has 0 amide bonds. The van der Waals surface area contributed by atoms with E-state index in [1.807, 2.05) is 0 Å². The van der Waals surface area contributed by atoms with Crippen molar-refractivity contribution in [2.75, 3.05) is 19.6 Å². The molecule has 15 heavy (non-hydrogen) atoms. The maximum Gasteiger partial charge on any atom is 0.0196 e. The summed E-state index contributed by atoms with van der Waals surface area (Å²) in [6.07, 6.45) is 4.25. The van der Waals surface area contributed by atoms with Gasteiger partial charge in [0.25, 0.3) is 0 Å². The van der Waals surface area contributed by atoms with Crippen LogP contribution >= 0.6 is 12.4 Å². The van der Waals surface area contributed by atoms with E-state index >= 15 is 0 Å². The zero-order valence-corrected chi connectivity index (χ0v) is 11.1. The zero-order chi connectivity index (χ0) is 10.2. The van der Waals surface area contributed by atoms with Gasteiger partial charge in [-0.25, -0.2) is 0 Å². The predicted molar refractivity (Wildman–Crippen MR) is 67.7 cm³/mol. The van der Waals surface area contributed by atoms with Crippen LogP contribution in [-0.2, 0) is 0 Å². The van der Waals surface area contributed by atoms with Crippen LogP contribution in [0.5, 0.6) is 0 Å². The first-order valence-electron chi connectivity index (χ1n) is 6.08. The fourth-order valence-corrected chi connectivity index (χ4v) is 3.24. The van der Waals surface area contributed by atoms with Gasteiger partial charge in [-0.3, -0.25) is 4.90 Å². The van der Waals surface area contributed by atoms with Crippen molar-refractivity contribution in [3.63, 3.8) is 0 Å². The third-order valence-electron chi connectivity index (χ3n) is 4.15. The lowest BCUT2D eigenvalue weighted by Crippen LogP contribution is -2.56. The number of halogens is 1. The number of hydrogen-bond donors (Lipinski definition) is 1. The van der Waals surface area contributed by atoms with Crippen molar-refractivity contribution in [1.29, 1.82) is 0 Å². The minimum absolute atomic E-state index is 0. The summed E-state index contributed by atoms with van der Waals surface area (Å²) in [5, 5.41) is 3.47. The molecule has 1 saturated heterocycles. The Kier molecular flexibility index (Phi) is 4.45. The lowest BCUT2D eigenvalue weighted by Gasteiger charge is -2.44. The van der Waals surface area contributed by atoms with E-state index in [-0.39, 0.29) is 12.4 Å². The van der Waals surface area contributed by atoms with E-state index in [2.05, 4.69) is 31.0 Å². The highest BCUT2D eigenvalue weighted by Crippen LogP contribution is 2.41. The second-order valence-electron chi connectivity index (χ2n) is 5.69. The van der Waals surface area contributed by atoms with E-state index < -0.39 is 0 Å². The highest BCUT2D eigenvalue weighted by atomic mass is 35.5. The first-order chi connectivity index (χ1) is 6.61. The van der Waals surface area contributed by atoms with Gasteiger partial charge in [0.2, 0.25) is 0 Å². The summed E-state index contributed by atoms with van der Waals surface area (Å²) in [5.41, 5.74) is 0.547. The van der Waals surface area contributed by atoms with Crippen molar-refractivity contribution < 1.29 is 0 Å². The Hall–Kier alpha value is 0.210. The van der Waals surface area contributed by atoms with Crippen LogP contribution in [0.4, 0.5) is 0 Å². The molecule has 0 spiro atoms. The number of piperazine rings is 1. The Labute approximate surface area is 100 Å². The van der Waals surface area contributed by atoms with E-state index in [1.54, 1.807) is 0 Å². The molecule has 0 aromatic heterocycles. The van der Waals surface area contributed by atoms with Crippen molar-refractivity contribution >= 4 is 12.4 Å². The number of rotatable bonds is 1.